The average Bonchev–Trinajstić information content (AvgIpc) is 2.30. The van der Waals surface area contributed by atoms with Gasteiger partial charge in [0.15, 0.2) is 0 Å². The molecule has 0 aromatic heterocycles. The van der Waals surface area contributed by atoms with Crippen LogP contribution in [0, 0.1) is 0 Å². The maximum absolute atomic E-state index is 9.25. The summed E-state index contributed by atoms with van der Waals surface area (Å²) in [6.45, 7) is -0.307. The Morgan fingerprint density at radius 2 is 2.17 bits per heavy atom. The largest absolute Gasteiger partial charge is 0.396 e. The molecule has 4 nitrogen and oxygen atoms in total. The Bertz CT molecular complexity index is 142. The quantitative estimate of drug-likeness (QED) is 0.447. The van der Waals surface area contributed by atoms with Gasteiger partial charge in [-0.05, 0) is 0 Å². The number of hydrogen-bond acceptors (Lipinski definition) is 4. The van der Waals surface area contributed by atoms with Crippen molar-refractivity contribution in [1.82, 2.24) is 0 Å². The van der Waals surface area contributed by atoms with Crippen LogP contribution in [0.5, 0.6) is 0 Å². The van der Waals surface area contributed by atoms with Crippen LogP contribution in [0.25, 0.3) is 0 Å². The van der Waals surface area contributed by atoms with Crippen molar-refractivity contribution in [2.75, 3.05) is 13.2 Å². The first kappa shape index (κ1) is 9.99. The molecule has 0 aromatic rings. The molecule has 0 saturated carbocycles. The number of rotatable bonds is 3. The normalized spacial score (nSPS) is 41.9. The van der Waals surface area contributed by atoms with E-state index in [4.69, 9.17) is 22.8 Å². The molecule has 1 fully saturated rings. The van der Waals surface area contributed by atoms with Gasteiger partial charge in [-0.25, -0.2) is 0 Å². The van der Waals surface area contributed by atoms with Gasteiger partial charge >= 0.3 is 0 Å². The second-order valence-corrected chi connectivity index (χ2v) is 3.17. The second kappa shape index (κ2) is 3.74. The molecule has 1 aliphatic rings. The van der Waals surface area contributed by atoms with Crippen LogP contribution in [0.3, 0.4) is 0 Å². The lowest BCUT2D eigenvalue weighted by molar-refractivity contribution is -0.0654. The van der Waals surface area contributed by atoms with Gasteiger partial charge in [0.1, 0.15) is 7.85 Å². The highest BCUT2D eigenvalue weighted by Crippen LogP contribution is 2.31. The Kier molecular flexibility index (Phi) is 3.12. The molecule has 68 valence electrons. The lowest BCUT2D eigenvalue weighted by Gasteiger charge is -2.25. The van der Waals surface area contributed by atoms with E-state index in [-0.39, 0.29) is 19.6 Å². The summed E-state index contributed by atoms with van der Waals surface area (Å²) in [5, 5.41) is 26.9. The van der Waals surface area contributed by atoms with Crippen molar-refractivity contribution in [3.63, 3.8) is 0 Å². The summed E-state index contributed by atoms with van der Waals surface area (Å²) in [5.74, 6) is 0. The van der Waals surface area contributed by atoms with Crippen molar-refractivity contribution in [3.8, 4) is 0 Å². The van der Waals surface area contributed by atoms with E-state index in [0.29, 0.717) is 6.42 Å². The topological polar surface area (TPSA) is 69.9 Å². The van der Waals surface area contributed by atoms with Crippen molar-refractivity contribution < 1.29 is 20.1 Å². The summed E-state index contributed by atoms with van der Waals surface area (Å²) in [7, 11) is 5.39. The summed E-state index contributed by atoms with van der Waals surface area (Å²) in [6.07, 6.45) is -0.164. The zero-order valence-electron chi connectivity index (χ0n) is 6.81. The standard InChI is InChI=1S/C7H13BO4/c8-6-5(11)3-7(4-10,12-6)1-2-9/h5-6,9-11H,1-4H2/t5-,6-,7+/m1/s1. The third-order valence-corrected chi connectivity index (χ3v) is 2.20. The van der Waals surface area contributed by atoms with E-state index in [0.717, 1.165) is 0 Å². The Labute approximate surface area is 72.6 Å². The SMILES string of the molecule is [B][C@@H]1O[C@@](CO)(CCO)C[C@H]1O. The van der Waals surface area contributed by atoms with Gasteiger partial charge in [-0.2, -0.15) is 0 Å². The molecule has 3 N–H and O–H groups in total. The van der Waals surface area contributed by atoms with Crippen LogP contribution in [0.1, 0.15) is 12.8 Å². The Morgan fingerprint density at radius 3 is 2.50 bits per heavy atom. The summed E-state index contributed by atoms with van der Waals surface area (Å²) in [5.41, 5.74) is -0.840. The predicted molar refractivity (Wildman–Crippen MR) is 42.8 cm³/mol. The maximum atomic E-state index is 9.25. The van der Waals surface area contributed by atoms with Crippen molar-refractivity contribution >= 4 is 7.85 Å². The van der Waals surface area contributed by atoms with E-state index in [1.807, 2.05) is 0 Å². The zero-order valence-corrected chi connectivity index (χ0v) is 6.81. The number of aliphatic hydroxyl groups excluding tert-OH is 3. The summed E-state index contributed by atoms with van der Waals surface area (Å²) in [6, 6.07) is -0.747. The first-order valence-electron chi connectivity index (χ1n) is 3.97. The molecular weight excluding hydrogens is 159 g/mol. The molecule has 0 bridgehead atoms. The first-order valence-corrected chi connectivity index (χ1v) is 3.97. The Hall–Kier alpha value is -0.0951. The number of ether oxygens (including phenoxy) is 1. The number of hydrogen-bond donors (Lipinski definition) is 3. The lowest BCUT2D eigenvalue weighted by Crippen LogP contribution is -2.34. The summed E-state index contributed by atoms with van der Waals surface area (Å²) in [4.78, 5) is 0. The Morgan fingerprint density at radius 1 is 1.50 bits per heavy atom. The van der Waals surface area contributed by atoms with E-state index in [9.17, 15) is 5.11 Å². The monoisotopic (exact) mass is 172 g/mol. The van der Waals surface area contributed by atoms with Crippen molar-refractivity contribution in [2.45, 2.75) is 30.5 Å². The molecular formula is C7H13BO4. The fourth-order valence-corrected chi connectivity index (χ4v) is 1.46. The van der Waals surface area contributed by atoms with Crippen LogP contribution >= 0.6 is 0 Å². The molecule has 0 aromatic carbocycles. The molecule has 3 atom stereocenters. The highest BCUT2D eigenvalue weighted by atomic mass is 16.5. The van der Waals surface area contributed by atoms with Crippen LogP contribution in [0.15, 0.2) is 0 Å². The van der Waals surface area contributed by atoms with Crippen LogP contribution in [-0.2, 0) is 4.74 Å². The van der Waals surface area contributed by atoms with Gasteiger partial charge in [-0.1, -0.05) is 0 Å². The molecule has 2 radical (unpaired) electrons. The van der Waals surface area contributed by atoms with Crippen molar-refractivity contribution in [2.24, 2.45) is 0 Å². The van der Waals surface area contributed by atoms with E-state index in [1.54, 1.807) is 0 Å². The van der Waals surface area contributed by atoms with Crippen LogP contribution in [0.2, 0.25) is 0 Å². The molecule has 1 saturated heterocycles. The van der Waals surface area contributed by atoms with Crippen LogP contribution in [-0.4, -0.2) is 54.1 Å². The highest BCUT2D eigenvalue weighted by Gasteiger charge is 2.42. The smallest absolute Gasteiger partial charge is 0.112 e. The van der Waals surface area contributed by atoms with Gasteiger partial charge in [0.05, 0.1) is 18.3 Å². The fourth-order valence-electron chi connectivity index (χ4n) is 1.46. The van der Waals surface area contributed by atoms with Crippen LogP contribution in [0.4, 0.5) is 0 Å². The van der Waals surface area contributed by atoms with E-state index in [2.05, 4.69) is 0 Å². The minimum absolute atomic E-state index is 0.0833. The van der Waals surface area contributed by atoms with Gasteiger partial charge < -0.3 is 20.1 Å². The maximum Gasteiger partial charge on any atom is 0.112 e. The fraction of sp³-hybridized carbons (Fsp3) is 1.00. The molecule has 1 rings (SSSR count). The predicted octanol–water partition coefficient (Wildman–Crippen LogP) is -1.62. The third kappa shape index (κ3) is 1.80. The van der Waals surface area contributed by atoms with Crippen LogP contribution < -0.4 is 0 Å². The highest BCUT2D eigenvalue weighted by molar-refractivity contribution is 6.11. The molecule has 0 amide bonds. The average molecular weight is 172 g/mol. The molecule has 1 heterocycles. The Balaban J connectivity index is 2.58. The third-order valence-electron chi connectivity index (χ3n) is 2.20. The van der Waals surface area contributed by atoms with Gasteiger partial charge in [0.25, 0.3) is 0 Å². The lowest BCUT2D eigenvalue weighted by atomic mass is 9.91. The molecule has 1 aliphatic heterocycles. The van der Waals surface area contributed by atoms with E-state index >= 15 is 0 Å². The van der Waals surface area contributed by atoms with Gasteiger partial charge in [0, 0.05) is 25.5 Å². The molecule has 5 heteroatoms. The molecule has 0 spiro atoms. The second-order valence-electron chi connectivity index (χ2n) is 3.17. The first-order chi connectivity index (χ1) is 5.63. The number of aliphatic hydroxyl groups is 3. The summed E-state index contributed by atoms with van der Waals surface area (Å²) >= 11 is 0. The van der Waals surface area contributed by atoms with Gasteiger partial charge in [-0.3, -0.25) is 0 Å². The molecule has 0 aliphatic carbocycles. The van der Waals surface area contributed by atoms with Gasteiger partial charge in [-0.15, -0.1) is 0 Å². The van der Waals surface area contributed by atoms with Crippen molar-refractivity contribution in [1.29, 1.82) is 0 Å². The minimum atomic E-state index is -0.840. The van der Waals surface area contributed by atoms with E-state index < -0.39 is 17.7 Å². The van der Waals surface area contributed by atoms with Crippen molar-refractivity contribution in [3.05, 3.63) is 0 Å². The summed E-state index contributed by atoms with van der Waals surface area (Å²) < 4.78 is 5.17. The zero-order chi connectivity index (χ0) is 9.19. The molecule has 0 unspecified atom stereocenters. The molecule has 12 heavy (non-hydrogen) atoms. The van der Waals surface area contributed by atoms with Gasteiger partial charge in [0.2, 0.25) is 0 Å². The minimum Gasteiger partial charge on any atom is -0.396 e. The van der Waals surface area contributed by atoms with E-state index in [1.165, 1.54) is 0 Å².